The summed E-state index contributed by atoms with van der Waals surface area (Å²) in [4.78, 5) is 23.8. The van der Waals surface area contributed by atoms with Crippen LogP contribution in [0.5, 0.6) is 0 Å². The van der Waals surface area contributed by atoms with Crippen molar-refractivity contribution in [2.24, 2.45) is 0 Å². The minimum atomic E-state index is -3.32. The molecule has 0 aliphatic heterocycles. The number of hydrogen-bond donors (Lipinski definition) is 2. The van der Waals surface area contributed by atoms with Crippen LogP contribution in [-0.2, 0) is 9.84 Å². The summed E-state index contributed by atoms with van der Waals surface area (Å²) >= 11 is 5.72. The molecule has 0 aliphatic carbocycles. The van der Waals surface area contributed by atoms with Gasteiger partial charge in [-0.15, -0.1) is 0 Å². The van der Waals surface area contributed by atoms with Crippen molar-refractivity contribution in [1.82, 2.24) is 10.9 Å². The van der Waals surface area contributed by atoms with Crippen LogP contribution in [0.1, 0.15) is 20.7 Å². The highest BCUT2D eigenvalue weighted by Gasteiger charge is 2.11. The standard InChI is InChI=1S/C15H13ClN2O4S/c1-23(21,22)13-8-4-11(5-9-13)15(20)18-17-14(19)10-2-6-12(16)7-3-10/h2-9H,1H3,(H,17,19)(H,18,20). The lowest BCUT2D eigenvalue weighted by Crippen LogP contribution is -2.41. The van der Waals surface area contributed by atoms with Gasteiger partial charge in [-0.1, -0.05) is 11.6 Å². The molecule has 2 aromatic carbocycles. The van der Waals surface area contributed by atoms with Crippen LogP contribution in [0.3, 0.4) is 0 Å². The number of sulfone groups is 1. The number of hydrazine groups is 1. The van der Waals surface area contributed by atoms with E-state index in [1.165, 1.54) is 36.4 Å². The van der Waals surface area contributed by atoms with Crippen LogP contribution in [0, 0.1) is 0 Å². The molecule has 0 heterocycles. The molecule has 0 spiro atoms. The molecule has 2 amide bonds. The minimum absolute atomic E-state index is 0.110. The molecule has 2 rings (SSSR count). The van der Waals surface area contributed by atoms with Crippen molar-refractivity contribution < 1.29 is 18.0 Å². The molecular weight excluding hydrogens is 340 g/mol. The predicted octanol–water partition coefficient (Wildman–Crippen LogP) is 1.82. The summed E-state index contributed by atoms with van der Waals surface area (Å²) in [5.41, 5.74) is 5.06. The van der Waals surface area contributed by atoms with Gasteiger partial charge in [-0.05, 0) is 48.5 Å². The Balaban J connectivity index is 1.99. The maximum absolute atomic E-state index is 11.9. The Kier molecular flexibility index (Phi) is 5.02. The zero-order valence-corrected chi connectivity index (χ0v) is 13.6. The van der Waals surface area contributed by atoms with Crippen LogP contribution in [0.15, 0.2) is 53.4 Å². The van der Waals surface area contributed by atoms with E-state index < -0.39 is 21.7 Å². The van der Waals surface area contributed by atoms with Crippen LogP contribution < -0.4 is 10.9 Å². The van der Waals surface area contributed by atoms with E-state index in [4.69, 9.17) is 11.6 Å². The van der Waals surface area contributed by atoms with Gasteiger partial charge in [-0.2, -0.15) is 0 Å². The van der Waals surface area contributed by atoms with E-state index in [2.05, 4.69) is 10.9 Å². The van der Waals surface area contributed by atoms with E-state index >= 15 is 0 Å². The third kappa shape index (κ3) is 4.54. The highest BCUT2D eigenvalue weighted by atomic mass is 35.5. The molecule has 0 aliphatic rings. The molecule has 0 aromatic heterocycles. The number of hydrogen-bond acceptors (Lipinski definition) is 4. The fourth-order valence-electron chi connectivity index (χ4n) is 1.71. The summed E-state index contributed by atoms with van der Waals surface area (Å²) in [6, 6.07) is 11.5. The zero-order valence-electron chi connectivity index (χ0n) is 12.0. The first-order valence-corrected chi connectivity index (χ1v) is 8.71. The Morgan fingerprint density at radius 2 is 1.22 bits per heavy atom. The Morgan fingerprint density at radius 1 is 0.826 bits per heavy atom. The zero-order chi connectivity index (χ0) is 17.0. The SMILES string of the molecule is CS(=O)(=O)c1ccc(C(=O)NNC(=O)c2ccc(Cl)cc2)cc1. The summed E-state index contributed by atoms with van der Waals surface area (Å²) in [5, 5.41) is 0.497. The van der Waals surface area contributed by atoms with Gasteiger partial charge in [0.25, 0.3) is 11.8 Å². The Morgan fingerprint density at radius 3 is 1.61 bits per heavy atom. The van der Waals surface area contributed by atoms with Gasteiger partial charge in [0.15, 0.2) is 9.84 Å². The average molecular weight is 353 g/mol. The van der Waals surface area contributed by atoms with Crippen molar-refractivity contribution in [3.63, 3.8) is 0 Å². The second-order valence-corrected chi connectivity index (χ2v) is 7.16. The lowest BCUT2D eigenvalue weighted by molar-refractivity contribution is 0.0846. The third-order valence-electron chi connectivity index (χ3n) is 2.94. The monoisotopic (exact) mass is 352 g/mol. The van der Waals surface area contributed by atoms with E-state index in [9.17, 15) is 18.0 Å². The summed E-state index contributed by atoms with van der Waals surface area (Å²) in [6.45, 7) is 0. The van der Waals surface area contributed by atoms with Gasteiger partial charge in [0.1, 0.15) is 0 Å². The number of carbonyl (C=O) groups is 2. The average Bonchev–Trinajstić information content (AvgIpc) is 2.52. The van der Waals surface area contributed by atoms with E-state index in [0.717, 1.165) is 6.26 Å². The summed E-state index contributed by atoms with van der Waals surface area (Å²) in [6.07, 6.45) is 1.08. The van der Waals surface area contributed by atoms with Gasteiger partial charge in [-0.25, -0.2) is 8.42 Å². The fraction of sp³-hybridized carbons (Fsp3) is 0.0667. The molecule has 0 fully saturated rings. The second-order valence-electron chi connectivity index (χ2n) is 4.71. The smallest absolute Gasteiger partial charge is 0.267 e. The van der Waals surface area contributed by atoms with Gasteiger partial charge in [0.2, 0.25) is 0 Å². The topological polar surface area (TPSA) is 92.3 Å². The molecule has 2 N–H and O–H groups in total. The molecule has 0 bridgehead atoms. The highest BCUT2D eigenvalue weighted by Crippen LogP contribution is 2.11. The maximum atomic E-state index is 11.9. The van der Waals surface area contributed by atoms with E-state index in [1.54, 1.807) is 12.1 Å². The molecule has 6 nitrogen and oxygen atoms in total. The third-order valence-corrected chi connectivity index (χ3v) is 4.32. The summed E-state index contributed by atoms with van der Waals surface area (Å²) in [5.74, 6) is -1.06. The molecule has 120 valence electrons. The highest BCUT2D eigenvalue weighted by molar-refractivity contribution is 7.90. The number of halogens is 1. The first kappa shape index (κ1) is 17.0. The summed E-state index contributed by atoms with van der Waals surface area (Å²) < 4.78 is 22.7. The Hall–Kier alpha value is -2.38. The first-order chi connectivity index (χ1) is 10.8. The predicted molar refractivity (Wildman–Crippen MR) is 85.9 cm³/mol. The van der Waals surface area contributed by atoms with E-state index in [0.29, 0.717) is 10.6 Å². The largest absolute Gasteiger partial charge is 0.269 e. The van der Waals surface area contributed by atoms with Crippen molar-refractivity contribution in [1.29, 1.82) is 0 Å². The van der Waals surface area contributed by atoms with Crippen LogP contribution >= 0.6 is 11.6 Å². The van der Waals surface area contributed by atoms with Crippen molar-refractivity contribution in [3.8, 4) is 0 Å². The van der Waals surface area contributed by atoms with Gasteiger partial charge < -0.3 is 0 Å². The van der Waals surface area contributed by atoms with Gasteiger partial charge in [-0.3, -0.25) is 20.4 Å². The van der Waals surface area contributed by atoms with Crippen molar-refractivity contribution >= 4 is 33.3 Å². The van der Waals surface area contributed by atoms with Crippen molar-refractivity contribution in [2.75, 3.05) is 6.26 Å². The Labute approximate surface area is 138 Å². The van der Waals surface area contributed by atoms with E-state index in [-0.39, 0.29) is 10.5 Å². The van der Waals surface area contributed by atoms with Crippen molar-refractivity contribution in [3.05, 3.63) is 64.7 Å². The summed E-state index contributed by atoms with van der Waals surface area (Å²) in [7, 11) is -3.32. The molecule has 0 unspecified atom stereocenters. The van der Waals surface area contributed by atoms with Crippen LogP contribution in [0.2, 0.25) is 5.02 Å². The first-order valence-electron chi connectivity index (χ1n) is 6.44. The fourth-order valence-corrected chi connectivity index (χ4v) is 2.47. The molecule has 0 radical (unpaired) electrons. The number of benzene rings is 2. The van der Waals surface area contributed by atoms with Gasteiger partial charge >= 0.3 is 0 Å². The molecule has 23 heavy (non-hydrogen) atoms. The number of rotatable bonds is 3. The lowest BCUT2D eigenvalue weighted by atomic mass is 10.2. The Bertz CT molecular complexity index is 831. The number of carbonyl (C=O) groups excluding carboxylic acids is 2. The van der Waals surface area contributed by atoms with Crippen LogP contribution in [0.4, 0.5) is 0 Å². The molecule has 0 atom stereocenters. The normalized spacial score (nSPS) is 10.9. The van der Waals surface area contributed by atoms with Gasteiger partial charge in [0, 0.05) is 22.4 Å². The van der Waals surface area contributed by atoms with Crippen LogP contribution in [-0.4, -0.2) is 26.5 Å². The van der Waals surface area contributed by atoms with Crippen LogP contribution in [0.25, 0.3) is 0 Å². The van der Waals surface area contributed by atoms with E-state index in [1.807, 2.05) is 0 Å². The second kappa shape index (κ2) is 6.80. The molecule has 0 saturated carbocycles. The maximum Gasteiger partial charge on any atom is 0.269 e. The van der Waals surface area contributed by atoms with Crippen molar-refractivity contribution in [2.45, 2.75) is 4.90 Å². The molecule has 0 saturated heterocycles. The molecular formula is C15H13ClN2O4S. The molecule has 2 aromatic rings. The molecule has 8 heteroatoms. The number of amides is 2. The quantitative estimate of drug-likeness (QED) is 0.824. The lowest BCUT2D eigenvalue weighted by Gasteiger charge is -2.08. The number of nitrogens with one attached hydrogen (secondary N) is 2. The van der Waals surface area contributed by atoms with Gasteiger partial charge in [0.05, 0.1) is 4.90 Å². The minimum Gasteiger partial charge on any atom is -0.267 e.